The summed E-state index contributed by atoms with van der Waals surface area (Å²) in [5.41, 5.74) is 35.3. The van der Waals surface area contributed by atoms with Crippen LogP contribution in [0.3, 0.4) is 0 Å². The van der Waals surface area contributed by atoms with Gasteiger partial charge in [-0.3, -0.25) is 0 Å². The Kier molecular flexibility index (Phi) is 12.7. The fraction of sp³-hybridized carbons (Fsp3) is 0.667. The number of nitrogens with zero attached hydrogens (tertiary/aromatic N) is 13. The van der Waals surface area contributed by atoms with Crippen molar-refractivity contribution in [1.29, 1.82) is 0 Å². The van der Waals surface area contributed by atoms with Gasteiger partial charge in [0.05, 0.1) is 43.5 Å². The molecule has 1 aromatic rings. The Bertz CT molecular complexity index is 1540. The van der Waals surface area contributed by atoms with Gasteiger partial charge in [-0.05, 0) is 53.5 Å². The summed E-state index contributed by atoms with van der Waals surface area (Å²) in [4.78, 5) is 25.1. The van der Waals surface area contributed by atoms with Crippen molar-refractivity contribution in [2.45, 2.75) is 93.1 Å². The van der Waals surface area contributed by atoms with Gasteiger partial charge in [0, 0.05) is 26.7 Å². The number of carbonyl (C=O) groups excluding carboxylic acids is 1. The summed E-state index contributed by atoms with van der Waals surface area (Å²) < 4.78 is 28.8. The molecule has 2 aliphatic heterocycles. The molecule has 3 aliphatic rings. The summed E-state index contributed by atoms with van der Waals surface area (Å²) in [6, 6.07) is 4.23. The summed E-state index contributed by atoms with van der Waals surface area (Å²) in [6.07, 6.45) is -8.70. The van der Waals surface area contributed by atoms with Crippen LogP contribution < -0.4 is 0 Å². The van der Waals surface area contributed by atoms with E-state index in [1.807, 2.05) is 0 Å². The average molecular weight is 686 g/mol. The van der Waals surface area contributed by atoms with Gasteiger partial charge in [0.25, 0.3) is 0 Å². The van der Waals surface area contributed by atoms with E-state index >= 15 is 0 Å². The number of azide groups is 4. The number of hydrogen-bond acceptors (Lipinski definition) is 13. The number of amides is 1. The van der Waals surface area contributed by atoms with Gasteiger partial charge in [-0.15, -0.1) is 0 Å². The van der Waals surface area contributed by atoms with Crippen molar-refractivity contribution in [3.8, 4) is 0 Å². The largest absolute Gasteiger partial charge is 0.469 e. The van der Waals surface area contributed by atoms with Crippen LogP contribution in [0, 0.1) is 0 Å². The van der Waals surface area contributed by atoms with Crippen LogP contribution in [0.2, 0.25) is 0 Å². The molecule has 11 atom stereocenters. The normalized spacial score (nSPS) is 33.9. The van der Waals surface area contributed by atoms with Crippen LogP contribution in [0.4, 0.5) is 4.79 Å². The molecule has 22 nitrogen and oxygen atoms in total. The second-order valence-electron chi connectivity index (χ2n) is 11.6. The number of rotatable bonds is 12. The molecule has 1 saturated carbocycles. The smallest absolute Gasteiger partial charge is 0.410 e. The molecule has 22 heteroatoms. The highest BCUT2D eigenvalue weighted by molar-refractivity contribution is 5.68. The highest BCUT2D eigenvalue weighted by Gasteiger charge is 2.54. The summed E-state index contributed by atoms with van der Waals surface area (Å²) in [5.74, 6) is 0.195. The van der Waals surface area contributed by atoms with E-state index in [4.69, 9.17) is 34.7 Å². The lowest BCUT2D eigenvalue weighted by Crippen LogP contribution is -2.68. The first-order valence-corrected chi connectivity index (χ1v) is 15.0. The molecule has 49 heavy (non-hydrogen) atoms. The van der Waals surface area contributed by atoms with Gasteiger partial charge in [-0.1, -0.05) is 50.8 Å². The number of ether oxygens (including phenoxy) is 5. The Morgan fingerprint density at radius 1 is 0.959 bits per heavy atom. The van der Waals surface area contributed by atoms with Gasteiger partial charge in [-0.2, -0.15) is 0 Å². The number of aliphatic hydroxyl groups is 3. The van der Waals surface area contributed by atoms with Gasteiger partial charge < -0.3 is 43.9 Å². The van der Waals surface area contributed by atoms with Crippen LogP contribution in [-0.2, 0) is 30.3 Å². The first kappa shape index (κ1) is 36.9. The molecule has 4 rings (SSSR count). The van der Waals surface area contributed by atoms with Crippen LogP contribution in [0.5, 0.6) is 0 Å². The van der Waals surface area contributed by atoms with Crippen LogP contribution in [-0.4, -0.2) is 113 Å². The SMILES string of the molecule is CN(C(=O)OCc1ccccc1)[C@@H]1[C@@H](O)[C@@H](O[C@@H]2[C@@H](O)[C@H](O[C@H]3OC(CN=[N+]=[N-])=CC[C@H]3N=[N+]=[N-])[C@@H](N=[N+]=[N-])C[C@H]2N=[N+]=[N-])OC[C@]1(C)O. The number of aliphatic hydroxyl groups excluding tert-OH is 2. The molecule has 0 aromatic heterocycles. The van der Waals surface area contributed by atoms with Crippen molar-refractivity contribution < 1.29 is 43.8 Å². The monoisotopic (exact) mass is 685 g/mol. The first-order valence-electron chi connectivity index (χ1n) is 15.0. The third-order valence-corrected chi connectivity index (χ3v) is 8.25. The van der Waals surface area contributed by atoms with E-state index in [0.717, 1.165) is 4.90 Å². The van der Waals surface area contributed by atoms with E-state index in [0.29, 0.717) is 5.56 Å². The first-order chi connectivity index (χ1) is 23.5. The molecule has 1 aromatic carbocycles. The minimum absolute atomic E-state index is 0.0741. The predicted molar refractivity (Wildman–Crippen MR) is 165 cm³/mol. The third-order valence-electron chi connectivity index (χ3n) is 8.25. The van der Waals surface area contributed by atoms with Crippen molar-refractivity contribution in [2.24, 2.45) is 20.5 Å². The van der Waals surface area contributed by atoms with Gasteiger partial charge in [0.2, 0.25) is 6.29 Å². The molecule has 3 N–H and O–H groups in total. The lowest BCUT2D eigenvalue weighted by molar-refractivity contribution is -0.309. The fourth-order valence-corrected chi connectivity index (χ4v) is 5.95. The molecular formula is C27H35N13O9. The standard InChI is InChI=1S/C27H35N13O9/c1-27(44)13-46-25(20(42)23(27)40(2)26(43)45-12-14-6-4-3-5-7-14)49-22-18(35-39-31)10-17(34-38-30)21(19(22)41)48-24-16(33-37-29)9-8-15(47-24)11-32-36-28/h3-8,16-25,41-42,44H,9-13H2,1-2H3/t16-,17+,18-,19+,20-,21-,22+,23-,24-,25-,27+/m1/s1. The van der Waals surface area contributed by atoms with Crippen LogP contribution in [0.15, 0.2) is 62.6 Å². The molecule has 1 saturated heterocycles. The summed E-state index contributed by atoms with van der Waals surface area (Å²) in [5, 5.41) is 48.7. The van der Waals surface area contributed by atoms with Crippen molar-refractivity contribution in [3.63, 3.8) is 0 Å². The lowest BCUT2D eigenvalue weighted by Gasteiger charge is -2.49. The van der Waals surface area contributed by atoms with E-state index < -0.39 is 79.5 Å². The minimum Gasteiger partial charge on any atom is -0.469 e. The molecule has 2 fully saturated rings. The van der Waals surface area contributed by atoms with Crippen molar-refractivity contribution in [3.05, 3.63) is 89.5 Å². The maximum absolute atomic E-state index is 13.0. The quantitative estimate of drug-likeness (QED) is 0.164. The van der Waals surface area contributed by atoms with Gasteiger partial charge in [0.1, 0.15) is 36.2 Å². The van der Waals surface area contributed by atoms with Crippen LogP contribution >= 0.6 is 0 Å². The molecule has 0 bridgehead atoms. The Morgan fingerprint density at radius 2 is 1.57 bits per heavy atom. The fourth-order valence-electron chi connectivity index (χ4n) is 5.95. The van der Waals surface area contributed by atoms with E-state index in [1.165, 1.54) is 14.0 Å². The van der Waals surface area contributed by atoms with Gasteiger partial charge >= 0.3 is 6.09 Å². The van der Waals surface area contributed by atoms with E-state index in [9.17, 15) is 31.2 Å². The number of carbonyl (C=O) groups is 1. The van der Waals surface area contributed by atoms with E-state index in [2.05, 4.69) is 40.1 Å². The second kappa shape index (κ2) is 16.9. The van der Waals surface area contributed by atoms with Crippen molar-refractivity contribution in [1.82, 2.24) is 4.90 Å². The van der Waals surface area contributed by atoms with Gasteiger partial charge in [-0.25, -0.2) is 4.79 Å². The Hall–Kier alpha value is -4.97. The van der Waals surface area contributed by atoms with Crippen molar-refractivity contribution >= 4 is 6.09 Å². The zero-order chi connectivity index (χ0) is 35.6. The molecular weight excluding hydrogens is 650 g/mol. The second-order valence-corrected chi connectivity index (χ2v) is 11.6. The van der Waals surface area contributed by atoms with Crippen LogP contribution in [0.1, 0.15) is 25.3 Å². The summed E-state index contributed by atoms with van der Waals surface area (Å²) in [7, 11) is 1.32. The maximum atomic E-state index is 13.0. The highest BCUT2D eigenvalue weighted by Crippen LogP contribution is 2.36. The number of likely N-dealkylation sites (N-methyl/N-ethyl adjacent to an activating group) is 1. The van der Waals surface area contributed by atoms with E-state index in [-0.39, 0.29) is 31.8 Å². The molecule has 0 spiro atoms. The summed E-state index contributed by atoms with van der Waals surface area (Å²) in [6.45, 7) is 0.651. The maximum Gasteiger partial charge on any atom is 0.410 e. The highest BCUT2D eigenvalue weighted by atomic mass is 16.7. The lowest BCUT2D eigenvalue weighted by atomic mass is 9.83. The average Bonchev–Trinajstić information content (AvgIpc) is 3.08. The topological polar surface area (TPSA) is 322 Å². The van der Waals surface area contributed by atoms with E-state index in [1.54, 1.807) is 36.4 Å². The Labute approximate surface area is 278 Å². The zero-order valence-corrected chi connectivity index (χ0v) is 26.4. The minimum atomic E-state index is -1.79. The Balaban J connectivity index is 1.56. The molecule has 2 heterocycles. The zero-order valence-electron chi connectivity index (χ0n) is 26.4. The van der Waals surface area contributed by atoms with Crippen LogP contribution in [0.25, 0.3) is 41.8 Å². The Morgan fingerprint density at radius 3 is 2.18 bits per heavy atom. The molecule has 0 radical (unpaired) electrons. The molecule has 0 unspecified atom stereocenters. The molecule has 262 valence electrons. The van der Waals surface area contributed by atoms with Gasteiger partial charge in [0.15, 0.2) is 6.29 Å². The molecule has 1 amide bonds. The third kappa shape index (κ3) is 8.94. The summed E-state index contributed by atoms with van der Waals surface area (Å²) >= 11 is 0. The van der Waals surface area contributed by atoms with Crippen molar-refractivity contribution in [2.75, 3.05) is 20.2 Å². The number of benzene rings is 1. The predicted octanol–water partition coefficient (Wildman–Crippen LogP) is 3.60. The number of hydrogen-bond donors (Lipinski definition) is 3. The molecule has 1 aliphatic carbocycles.